The number of nitrogens with zero attached hydrogens (tertiary/aromatic N) is 4. The largest absolute Gasteiger partial charge is 0.427 e. The molecule has 0 radical (unpaired) electrons. The number of amides is 3. The first kappa shape index (κ1) is 25.5. The number of likely N-dealkylation sites (N-methyl/N-ethyl adjacent to an activating group) is 1. The first-order chi connectivity index (χ1) is 17.7. The Hall–Kier alpha value is -4.59. The van der Waals surface area contributed by atoms with Crippen molar-refractivity contribution < 1.29 is 28.3 Å². The second-order valence-corrected chi connectivity index (χ2v) is 8.65. The highest BCUT2D eigenvalue weighted by Gasteiger charge is 2.28. The Morgan fingerprint density at radius 1 is 1.27 bits per heavy atom. The fourth-order valence-corrected chi connectivity index (χ4v) is 3.81. The lowest BCUT2D eigenvalue weighted by atomic mass is 10.1. The highest BCUT2D eigenvalue weighted by Crippen LogP contribution is 2.22. The Bertz CT molecular complexity index is 1370. The molecule has 3 heterocycles. The van der Waals surface area contributed by atoms with Gasteiger partial charge in [-0.1, -0.05) is 6.07 Å². The molecule has 14 heteroatoms. The van der Waals surface area contributed by atoms with Gasteiger partial charge in [0.15, 0.2) is 17.2 Å². The van der Waals surface area contributed by atoms with Crippen molar-refractivity contribution in [3.05, 3.63) is 53.2 Å². The van der Waals surface area contributed by atoms with E-state index in [1.54, 1.807) is 6.07 Å². The molecule has 1 saturated heterocycles. The average molecular weight is 513 g/mol. The SMILES string of the molecule is CC(NC(=O)c1cc(C(=O)NCc2ccc(OC=O)c(N)c2)nc2c(F)cnn12)C(=O)NC1CN(C)C1. The Balaban J connectivity index is 1.48. The number of fused-ring (bicyclic) bond motifs is 1. The molecule has 3 amide bonds. The van der Waals surface area contributed by atoms with Gasteiger partial charge in [0, 0.05) is 25.7 Å². The minimum absolute atomic E-state index is 0.00379. The summed E-state index contributed by atoms with van der Waals surface area (Å²) in [5.41, 5.74) is 5.86. The molecule has 0 aliphatic carbocycles. The highest BCUT2D eigenvalue weighted by molar-refractivity contribution is 6.00. The predicted molar refractivity (Wildman–Crippen MR) is 128 cm³/mol. The zero-order valence-electron chi connectivity index (χ0n) is 20.0. The van der Waals surface area contributed by atoms with E-state index in [9.17, 15) is 23.6 Å². The van der Waals surface area contributed by atoms with E-state index in [2.05, 4.69) is 26.0 Å². The van der Waals surface area contributed by atoms with Gasteiger partial charge in [-0.25, -0.2) is 13.9 Å². The van der Waals surface area contributed by atoms with Crippen molar-refractivity contribution in [2.75, 3.05) is 25.9 Å². The second kappa shape index (κ2) is 10.6. The van der Waals surface area contributed by atoms with Gasteiger partial charge in [0.05, 0.1) is 17.9 Å². The van der Waals surface area contributed by atoms with Crippen molar-refractivity contribution in [3.8, 4) is 5.75 Å². The summed E-state index contributed by atoms with van der Waals surface area (Å²) >= 11 is 0. The molecule has 1 unspecified atom stereocenters. The molecular formula is C23H25FN8O5. The first-order valence-electron chi connectivity index (χ1n) is 11.3. The van der Waals surface area contributed by atoms with Crippen LogP contribution in [0.15, 0.2) is 30.5 Å². The van der Waals surface area contributed by atoms with Crippen LogP contribution in [0.25, 0.3) is 5.65 Å². The molecule has 3 aromatic rings. The molecule has 4 rings (SSSR count). The van der Waals surface area contributed by atoms with E-state index in [0.29, 0.717) is 18.7 Å². The Morgan fingerprint density at radius 3 is 2.70 bits per heavy atom. The summed E-state index contributed by atoms with van der Waals surface area (Å²) in [5, 5.41) is 11.8. The number of hydrogen-bond acceptors (Lipinski definition) is 9. The van der Waals surface area contributed by atoms with E-state index in [1.165, 1.54) is 19.1 Å². The molecule has 194 valence electrons. The van der Waals surface area contributed by atoms with Crippen molar-refractivity contribution in [3.63, 3.8) is 0 Å². The third-order valence-corrected chi connectivity index (χ3v) is 5.75. The van der Waals surface area contributed by atoms with Gasteiger partial charge in [-0.2, -0.15) is 5.10 Å². The number of halogens is 1. The van der Waals surface area contributed by atoms with Crippen molar-refractivity contribution in [2.24, 2.45) is 0 Å². The molecule has 0 spiro atoms. The van der Waals surface area contributed by atoms with E-state index in [4.69, 9.17) is 10.5 Å². The van der Waals surface area contributed by atoms with Crippen LogP contribution in [0, 0.1) is 5.82 Å². The summed E-state index contributed by atoms with van der Waals surface area (Å²) in [6.45, 7) is 3.21. The van der Waals surface area contributed by atoms with Crippen LogP contribution in [0.5, 0.6) is 5.75 Å². The summed E-state index contributed by atoms with van der Waals surface area (Å²) < 4.78 is 20.0. The second-order valence-electron chi connectivity index (χ2n) is 8.65. The fraction of sp³-hybridized carbons (Fsp3) is 0.304. The van der Waals surface area contributed by atoms with Crippen molar-refractivity contribution in [2.45, 2.75) is 25.6 Å². The molecule has 1 aromatic carbocycles. The zero-order valence-corrected chi connectivity index (χ0v) is 20.0. The van der Waals surface area contributed by atoms with Crippen molar-refractivity contribution >= 4 is 35.5 Å². The highest BCUT2D eigenvalue weighted by atomic mass is 19.1. The first-order valence-corrected chi connectivity index (χ1v) is 11.3. The molecule has 2 aromatic heterocycles. The number of nitrogen functional groups attached to an aromatic ring is 1. The molecule has 1 aliphatic heterocycles. The van der Waals surface area contributed by atoms with Gasteiger partial charge in [0.25, 0.3) is 18.3 Å². The van der Waals surface area contributed by atoms with E-state index in [0.717, 1.165) is 16.8 Å². The molecule has 1 atom stereocenters. The lowest BCUT2D eigenvalue weighted by Gasteiger charge is -2.37. The molecule has 5 N–H and O–H groups in total. The molecule has 13 nitrogen and oxygen atoms in total. The summed E-state index contributed by atoms with van der Waals surface area (Å²) in [6, 6.07) is 4.85. The number of ether oxygens (including phenoxy) is 1. The lowest BCUT2D eigenvalue weighted by molar-refractivity contribution is -0.124. The van der Waals surface area contributed by atoms with Crippen LogP contribution in [0.4, 0.5) is 10.1 Å². The number of nitrogens with two attached hydrogens (primary N) is 1. The summed E-state index contributed by atoms with van der Waals surface area (Å²) in [4.78, 5) is 54.7. The molecule has 0 bridgehead atoms. The van der Waals surface area contributed by atoms with Crippen LogP contribution >= 0.6 is 0 Å². The standard InChI is InChI=1S/C23H25FN8O5/c1-12(21(34)29-14-9-31(2)10-14)28-23(36)18-6-17(30-20-15(24)8-27-32(18)20)22(35)26-7-13-3-4-19(37-11-33)16(25)5-13/h3-6,8,11-12,14H,7,9-10,25H2,1-2H3,(H,26,35)(H,28,36)(H,29,34). The summed E-state index contributed by atoms with van der Waals surface area (Å²) in [5.74, 6) is -2.46. The molecular weight excluding hydrogens is 487 g/mol. The van der Waals surface area contributed by atoms with Crippen molar-refractivity contribution in [1.29, 1.82) is 0 Å². The Labute approximate surface area is 210 Å². The smallest absolute Gasteiger partial charge is 0.298 e. The van der Waals surface area contributed by atoms with E-state index >= 15 is 0 Å². The van der Waals surface area contributed by atoms with Gasteiger partial charge in [0.2, 0.25) is 5.91 Å². The lowest BCUT2D eigenvalue weighted by Crippen LogP contribution is -2.60. The molecule has 0 saturated carbocycles. The quantitative estimate of drug-likeness (QED) is 0.217. The van der Waals surface area contributed by atoms with E-state index in [1.807, 2.05) is 11.9 Å². The number of hydrogen-bond donors (Lipinski definition) is 4. The third kappa shape index (κ3) is 5.64. The number of nitrogens with one attached hydrogen (secondary N) is 3. The van der Waals surface area contributed by atoms with Gasteiger partial charge < -0.3 is 31.3 Å². The van der Waals surface area contributed by atoms with Crippen LogP contribution < -0.4 is 26.4 Å². The predicted octanol–water partition coefficient (Wildman–Crippen LogP) is -0.536. The maximum absolute atomic E-state index is 14.3. The number of anilines is 1. The van der Waals surface area contributed by atoms with Gasteiger partial charge in [-0.3, -0.25) is 19.2 Å². The number of benzene rings is 1. The third-order valence-electron chi connectivity index (χ3n) is 5.75. The Kier molecular flexibility index (Phi) is 7.29. The molecule has 1 fully saturated rings. The number of likely N-dealkylation sites (tertiary alicyclic amines) is 1. The monoisotopic (exact) mass is 512 g/mol. The Morgan fingerprint density at radius 2 is 2.03 bits per heavy atom. The number of carbonyl (C=O) groups excluding carboxylic acids is 4. The number of rotatable bonds is 9. The van der Waals surface area contributed by atoms with E-state index < -0.39 is 23.7 Å². The van der Waals surface area contributed by atoms with Crippen molar-refractivity contribution in [1.82, 2.24) is 35.4 Å². The van der Waals surface area contributed by atoms with Gasteiger partial charge >= 0.3 is 0 Å². The maximum atomic E-state index is 14.3. The summed E-state index contributed by atoms with van der Waals surface area (Å²) in [7, 11) is 1.93. The van der Waals surface area contributed by atoms with Gasteiger partial charge in [-0.05, 0) is 31.7 Å². The van der Waals surface area contributed by atoms with E-state index in [-0.39, 0.29) is 53.4 Å². The van der Waals surface area contributed by atoms with Crippen LogP contribution in [0.3, 0.4) is 0 Å². The van der Waals surface area contributed by atoms with Crippen LogP contribution in [0.1, 0.15) is 33.5 Å². The fourth-order valence-electron chi connectivity index (χ4n) is 3.81. The minimum atomic E-state index is -0.893. The minimum Gasteiger partial charge on any atom is -0.427 e. The maximum Gasteiger partial charge on any atom is 0.298 e. The molecule has 37 heavy (non-hydrogen) atoms. The average Bonchev–Trinajstić information content (AvgIpc) is 3.23. The van der Waals surface area contributed by atoms with Gasteiger partial charge in [0.1, 0.15) is 17.4 Å². The van der Waals surface area contributed by atoms with Crippen LogP contribution in [-0.4, -0.2) is 75.9 Å². The van der Waals surface area contributed by atoms with Crippen LogP contribution in [0.2, 0.25) is 0 Å². The number of carbonyl (C=O) groups is 4. The zero-order chi connectivity index (χ0) is 26.7. The molecule has 1 aliphatic rings. The normalized spacial score (nSPS) is 14.5. The topological polar surface area (TPSA) is 173 Å². The summed E-state index contributed by atoms with van der Waals surface area (Å²) in [6.07, 6.45) is 0.871. The number of aromatic nitrogens is 3. The van der Waals surface area contributed by atoms with Gasteiger partial charge in [-0.15, -0.1) is 0 Å². The van der Waals surface area contributed by atoms with Crippen LogP contribution in [-0.2, 0) is 16.1 Å².